The highest BCUT2D eigenvalue weighted by Crippen LogP contribution is 2.31. The highest BCUT2D eigenvalue weighted by atomic mass is 32.1. The maximum Gasteiger partial charge on any atom is 0.107 e. The molecule has 102 valence electrons. The van der Waals surface area contributed by atoms with E-state index < -0.39 is 0 Å². The van der Waals surface area contributed by atoms with Crippen LogP contribution in [0.3, 0.4) is 0 Å². The number of nitrogens with zero attached hydrogens (tertiary/aromatic N) is 1. The highest BCUT2D eigenvalue weighted by Gasteiger charge is 2.14. The molecule has 1 fully saturated rings. The third-order valence-corrected chi connectivity index (χ3v) is 5.40. The SMILES string of the molecule is Cc1ccc(-c2cnc(CNCC3CCCO3)s2)s1. The molecule has 3 nitrogen and oxygen atoms in total. The number of nitrogens with one attached hydrogen (secondary N) is 1. The Morgan fingerprint density at radius 3 is 3.05 bits per heavy atom. The Morgan fingerprint density at radius 2 is 2.32 bits per heavy atom. The smallest absolute Gasteiger partial charge is 0.107 e. The van der Waals surface area contributed by atoms with Crippen LogP contribution in [0.5, 0.6) is 0 Å². The monoisotopic (exact) mass is 294 g/mol. The van der Waals surface area contributed by atoms with Crippen LogP contribution in [0.4, 0.5) is 0 Å². The number of hydrogen-bond donors (Lipinski definition) is 1. The second-order valence-corrected chi connectivity index (χ2v) is 7.20. The average Bonchev–Trinajstić information content (AvgIpc) is 3.09. The molecule has 1 unspecified atom stereocenters. The third-order valence-electron chi connectivity index (χ3n) is 3.21. The van der Waals surface area contributed by atoms with Crippen LogP contribution in [0.25, 0.3) is 9.75 Å². The fraction of sp³-hybridized carbons (Fsp3) is 0.500. The lowest BCUT2D eigenvalue weighted by atomic mass is 10.2. The van der Waals surface area contributed by atoms with Gasteiger partial charge in [-0.1, -0.05) is 0 Å². The quantitative estimate of drug-likeness (QED) is 0.917. The van der Waals surface area contributed by atoms with E-state index in [1.54, 1.807) is 11.3 Å². The van der Waals surface area contributed by atoms with Crippen molar-refractivity contribution < 1.29 is 4.74 Å². The van der Waals surface area contributed by atoms with Crippen molar-refractivity contribution in [3.05, 3.63) is 28.2 Å². The molecule has 1 aliphatic heterocycles. The predicted octanol–water partition coefficient (Wildman–Crippen LogP) is 3.45. The van der Waals surface area contributed by atoms with Crippen molar-refractivity contribution >= 4 is 22.7 Å². The number of aryl methyl sites for hydroxylation is 1. The summed E-state index contributed by atoms with van der Waals surface area (Å²) in [7, 11) is 0. The van der Waals surface area contributed by atoms with Crippen LogP contribution in [-0.4, -0.2) is 24.2 Å². The molecule has 0 aliphatic carbocycles. The second kappa shape index (κ2) is 6.13. The summed E-state index contributed by atoms with van der Waals surface area (Å²) >= 11 is 3.61. The molecule has 2 aromatic heterocycles. The first kappa shape index (κ1) is 13.2. The Bertz CT molecular complexity index is 529. The van der Waals surface area contributed by atoms with Gasteiger partial charge in [0.15, 0.2) is 0 Å². The fourth-order valence-electron chi connectivity index (χ4n) is 2.22. The molecule has 1 saturated heterocycles. The summed E-state index contributed by atoms with van der Waals surface area (Å²) in [6.07, 6.45) is 4.77. The van der Waals surface area contributed by atoms with E-state index in [-0.39, 0.29) is 0 Å². The highest BCUT2D eigenvalue weighted by molar-refractivity contribution is 7.21. The van der Waals surface area contributed by atoms with Gasteiger partial charge in [-0.05, 0) is 31.9 Å². The van der Waals surface area contributed by atoms with Gasteiger partial charge in [-0.25, -0.2) is 4.98 Å². The van der Waals surface area contributed by atoms with Crippen molar-refractivity contribution in [2.75, 3.05) is 13.2 Å². The summed E-state index contributed by atoms with van der Waals surface area (Å²) in [6.45, 7) is 4.84. The summed E-state index contributed by atoms with van der Waals surface area (Å²) in [5.74, 6) is 0. The molecule has 2 aromatic rings. The number of ether oxygens (including phenoxy) is 1. The molecule has 5 heteroatoms. The van der Waals surface area contributed by atoms with Gasteiger partial charge in [-0.3, -0.25) is 0 Å². The largest absolute Gasteiger partial charge is 0.377 e. The first-order valence-corrected chi connectivity index (χ1v) is 8.28. The Balaban J connectivity index is 1.53. The summed E-state index contributed by atoms with van der Waals surface area (Å²) in [5.41, 5.74) is 0. The van der Waals surface area contributed by atoms with Gasteiger partial charge in [0.1, 0.15) is 5.01 Å². The van der Waals surface area contributed by atoms with E-state index in [0.717, 1.165) is 24.7 Å². The van der Waals surface area contributed by atoms with Crippen molar-refractivity contribution in [3.63, 3.8) is 0 Å². The van der Waals surface area contributed by atoms with E-state index in [4.69, 9.17) is 4.74 Å². The maximum absolute atomic E-state index is 5.59. The molecule has 3 heterocycles. The van der Waals surface area contributed by atoms with Crippen molar-refractivity contribution in [2.24, 2.45) is 0 Å². The summed E-state index contributed by atoms with van der Waals surface area (Å²) in [5, 5.41) is 4.59. The minimum absolute atomic E-state index is 0.402. The minimum atomic E-state index is 0.402. The first-order chi connectivity index (χ1) is 9.31. The van der Waals surface area contributed by atoms with Crippen molar-refractivity contribution in [1.29, 1.82) is 0 Å². The lowest BCUT2D eigenvalue weighted by Gasteiger charge is -2.09. The van der Waals surface area contributed by atoms with Crippen LogP contribution in [0.15, 0.2) is 18.3 Å². The maximum atomic E-state index is 5.59. The van der Waals surface area contributed by atoms with Crippen LogP contribution in [0.1, 0.15) is 22.7 Å². The van der Waals surface area contributed by atoms with Gasteiger partial charge in [0.05, 0.1) is 11.0 Å². The van der Waals surface area contributed by atoms with Crippen molar-refractivity contribution in [3.8, 4) is 9.75 Å². The predicted molar refractivity (Wildman–Crippen MR) is 80.8 cm³/mol. The lowest BCUT2D eigenvalue weighted by Crippen LogP contribution is -2.25. The van der Waals surface area contributed by atoms with E-state index in [9.17, 15) is 0 Å². The van der Waals surface area contributed by atoms with Gasteiger partial charge in [0.25, 0.3) is 0 Å². The average molecular weight is 294 g/mol. The van der Waals surface area contributed by atoms with Crippen molar-refractivity contribution in [2.45, 2.75) is 32.4 Å². The number of thiophene rings is 1. The van der Waals surface area contributed by atoms with Gasteiger partial charge >= 0.3 is 0 Å². The number of aromatic nitrogens is 1. The zero-order valence-electron chi connectivity index (χ0n) is 11.0. The molecule has 0 radical (unpaired) electrons. The molecule has 0 amide bonds. The molecule has 0 aromatic carbocycles. The minimum Gasteiger partial charge on any atom is -0.377 e. The molecular weight excluding hydrogens is 276 g/mol. The first-order valence-electron chi connectivity index (χ1n) is 6.65. The Labute approximate surface area is 121 Å². The molecule has 1 atom stereocenters. The van der Waals surface area contributed by atoms with E-state index in [1.807, 2.05) is 17.5 Å². The molecule has 3 rings (SSSR count). The number of thiazole rings is 1. The topological polar surface area (TPSA) is 34.2 Å². The standard InChI is InChI=1S/C14H18N2OS2/c1-10-4-5-12(18-10)13-8-16-14(19-13)9-15-7-11-3-2-6-17-11/h4-5,8,11,15H,2-3,6-7,9H2,1H3. The Hall–Kier alpha value is -0.750. The summed E-state index contributed by atoms with van der Waals surface area (Å²) in [6, 6.07) is 4.34. The normalized spacial score (nSPS) is 19.1. The van der Waals surface area contributed by atoms with Crippen LogP contribution >= 0.6 is 22.7 Å². The van der Waals surface area contributed by atoms with E-state index in [0.29, 0.717) is 6.10 Å². The zero-order chi connectivity index (χ0) is 13.1. The third kappa shape index (κ3) is 3.42. The summed E-state index contributed by atoms with van der Waals surface area (Å²) in [4.78, 5) is 8.43. The van der Waals surface area contributed by atoms with Gasteiger partial charge in [-0.2, -0.15) is 0 Å². The van der Waals surface area contributed by atoms with Gasteiger partial charge in [0, 0.05) is 35.6 Å². The van der Waals surface area contributed by atoms with Gasteiger partial charge < -0.3 is 10.1 Å². The van der Waals surface area contributed by atoms with Crippen LogP contribution in [0.2, 0.25) is 0 Å². The van der Waals surface area contributed by atoms with E-state index in [2.05, 4.69) is 29.4 Å². The summed E-state index contributed by atoms with van der Waals surface area (Å²) < 4.78 is 5.59. The fourth-order valence-corrected chi connectivity index (χ4v) is 4.05. The van der Waals surface area contributed by atoms with E-state index in [1.165, 1.54) is 27.5 Å². The molecule has 1 aliphatic rings. The lowest BCUT2D eigenvalue weighted by molar-refractivity contribution is 0.110. The number of rotatable bonds is 5. The van der Waals surface area contributed by atoms with Gasteiger partial charge in [0.2, 0.25) is 0 Å². The van der Waals surface area contributed by atoms with Gasteiger partial charge in [-0.15, -0.1) is 22.7 Å². The molecule has 0 spiro atoms. The second-order valence-electron chi connectivity index (χ2n) is 4.79. The molecule has 1 N–H and O–H groups in total. The number of hydrogen-bond acceptors (Lipinski definition) is 5. The Kier molecular flexibility index (Phi) is 4.28. The molecule has 0 saturated carbocycles. The molecule has 19 heavy (non-hydrogen) atoms. The Morgan fingerprint density at radius 1 is 1.37 bits per heavy atom. The van der Waals surface area contributed by atoms with E-state index >= 15 is 0 Å². The van der Waals surface area contributed by atoms with Crippen LogP contribution in [-0.2, 0) is 11.3 Å². The van der Waals surface area contributed by atoms with Crippen molar-refractivity contribution in [1.82, 2.24) is 10.3 Å². The van der Waals surface area contributed by atoms with Crippen LogP contribution < -0.4 is 5.32 Å². The molecular formula is C14H18N2OS2. The zero-order valence-corrected chi connectivity index (χ0v) is 12.6. The van der Waals surface area contributed by atoms with Crippen LogP contribution in [0, 0.1) is 6.92 Å². The molecule has 0 bridgehead atoms.